The number of hydrogen-bond acceptors (Lipinski definition) is 7. The summed E-state index contributed by atoms with van der Waals surface area (Å²) in [6, 6.07) is 6.09. The zero-order valence-electron chi connectivity index (χ0n) is 13.2. The van der Waals surface area contributed by atoms with Gasteiger partial charge in [0.1, 0.15) is 5.82 Å². The molecule has 24 heavy (non-hydrogen) atoms. The minimum Gasteiger partial charge on any atom is -0.336 e. The van der Waals surface area contributed by atoms with Gasteiger partial charge in [-0.05, 0) is 25.5 Å². The molecule has 1 N–H and O–H groups in total. The second-order valence-corrected chi connectivity index (χ2v) is 7.82. The van der Waals surface area contributed by atoms with Crippen molar-refractivity contribution in [1.29, 1.82) is 0 Å². The van der Waals surface area contributed by atoms with Crippen LogP contribution in [0.1, 0.15) is 13.3 Å². The summed E-state index contributed by atoms with van der Waals surface area (Å²) in [4.78, 5) is 6.18. The van der Waals surface area contributed by atoms with Crippen molar-refractivity contribution in [2.45, 2.75) is 19.4 Å². The minimum absolute atomic E-state index is 0.0924. The Labute approximate surface area is 139 Å². The van der Waals surface area contributed by atoms with Crippen LogP contribution in [0.3, 0.4) is 0 Å². The molecule has 1 atom stereocenters. The van der Waals surface area contributed by atoms with Crippen LogP contribution in [0.15, 0.2) is 30.5 Å². The van der Waals surface area contributed by atoms with E-state index in [1.807, 2.05) is 11.8 Å². The van der Waals surface area contributed by atoms with E-state index in [0.717, 1.165) is 0 Å². The molecule has 0 saturated carbocycles. The third-order valence-corrected chi connectivity index (χ3v) is 5.68. The fraction of sp³-hybridized carbons (Fsp3) is 0.400. The van der Waals surface area contributed by atoms with E-state index in [2.05, 4.69) is 20.5 Å². The van der Waals surface area contributed by atoms with Gasteiger partial charge in [0.2, 0.25) is 5.95 Å². The Morgan fingerprint density at radius 3 is 2.83 bits per heavy atom. The number of nitrogens with zero attached hydrogens (tertiary/aromatic N) is 4. The molecular formula is C15H18FN5O2S. The zero-order chi connectivity index (χ0) is 17.2. The van der Waals surface area contributed by atoms with Crippen molar-refractivity contribution in [1.82, 2.24) is 15.2 Å². The average Bonchev–Trinajstić information content (AvgIpc) is 2.91. The van der Waals surface area contributed by atoms with Crippen LogP contribution in [-0.2, 0) is 9.84 Å². The molecule has 7 nitrogen and oxygen atoms in total. The van der Waals surface area contributed by atoms with Gasteiger partial charge < -0.3 is 10.2 Å². The molecule has 0 amide bonds. The highest BCUT2D eigenvalue weighted by Crippen LogP contribution is 2.23. The molecule has 1 unspecified atom stereocenters. The zero-order valence-corrected chi connectivity index (χ0v) is 14.0. The average molecular weight is 351 g/mol. The molecule has 2 aromatic rings. The van der Waals surface area contributed by atoms with E-state index in [-0.39, 0.29) is 23.2 Å². The lowest BCUT2D eigenvalue weighted by Crippen LogP contribution is -2.37. The summed E-state index contributed by atoms with van der Waals surface area (Å²) in [5, 5.41) is 10.8. The lowest BCUT2D eigenvalue weighted by molar-refractivity contribution is 0.598. The third kappa shape index (κ3) is 3.61. The van der Waals surface area contributed by atoms with E-state index in [9.17, 15) is 12.8 Å². The first kappa shape index (κ1) is 16.6. The van der Waals surface area contributed by atoms with Gasteiger partial charge in [0.05, 0.1) is 23.4 Å². The molecule has 0 aliphatic carbocycles. The summed E-state index contributed by atoms with van der Waals surface area (Å²) < 4.78 is 37.1. The summed E-state index contributed by atoms with van der Waals surface area (Å²) in [5.74, 6) is 0.557. The first-order valence-corrected chi connectivity index (χ1v) is 9.49. The third-order valence-electron chi connectivity index (χ3n) is 3.93. The van der Waals surface area contributed by atoms with Crippen molar-refractivity contribution in [3.8, 4) is 0 Å². The molecule has 1 fully saturated rings. The van der Waals surface area contributed by atoms with E-state index in [0.29, 0.717) is 24.7 Å². The van der Waals surface area contributed by atoms with Crippen LogP contribution in [0.4, 0.5) is 21.8 Å². The maximum atomic E-state index is 13.7. The topological polar surface area (TPSA) is 88.1 Å². The first-order valence-electron chi connectivity index (χ1n) is 7.67. The fourth-order valence-corrected chi connectivity index (χ4v) is 4.49. The Bertz CT molecular complexity index is 830. The monoisotopic (exact) mass is 351 g/mol. The van der Waals surface area contributed by atoms with Crippen molar-refractivity contribution in [3.63, 3.8) is 0 Å². The van der Waals surface area contributed by atoms with E-state index in [1.54, 1.807) is 18.2 Å². The van der Waals surface area contributed by atoms with Crippen LogP contribution in [0.5, 0.6) is 0 Å². The molecule has 1 aromatic heterocycles. The van der Waals surface area contributed by atoms with Crippen molar-refractivity contribution < 1.29 is 12.8 Å². The van der Waals surface area contributed by atoms with Gasteiger partial charge in [-0.25, -0.2) is 12.8 Å². The molecular weight excluding hydrogens is 333 g/mol. The fourth-order valence-electron chi connectivity index (χ4n) is 2.76. The molecule has 9 heteroatoms. The van der Waals surface area contributed by atoms with Crippen LogP contribution < -0.4 is 10.2 Å². The SMILES string of the molecule is CCN(c1nncc(Nc2ccccc2F)n1)C1CCS(=O)(=O)C1. The highest BCUT2D eigenvalue weighted by atomic mass is 32.2. The standard InChI is InChI=1S/C15H18FN5O2S/c1-2-21(11-7-8-24(22,23)10-11)15-19-14(9-17-20-15)18-13-6-4-3-5-12(13)16/h3-6,9,11H,2,7-8,10H2,1H3,(H,18,19,20). The number of halogens is 1. The van der Waals surface area contributed by atoms with Gasteiger partial charge in [-0.15, -0.1) is 5.10 Å². The molecule has 0 bridgehead atoms. The van der Waals surface area contributed by atoms with Crippen molar-refractivity contribution >= 4 is 27.3 Å². The van der Waals surface area contributed by atoms with Crippen LogP contribution in [0, 0.1) is 5.82 Å². The van der Waals surface area contributed by atoms with Crippen LogP contribution >= 0.6 is 0 Å². The lowest BCUT2D eigenvalue weighted by atomic mass is 10.2. The molecule has 1 aliphatic heterocycles. The molecule has 0 spiro atoms. The number of benzene rings is 1. The predicted molar refractivity (Wildman–Crippen MR) is 89.6 cm³/mol. The maximum absolute atomic E-state index is 13.7. The summed E-state index contributed by atoms with van der Waals surface area (Å²) in [6.07, 6.45) is 1.94. The Balaban J connectivity index is 1.83. The number of para-hydroxylation sites is 1. The molecule has 3 rings (SSSR count). The normalized spacial score (nSPS) is 19.2. The number of nitrogens with one attached hydrogen (secondary N) is 1. The summed E-state index contributed by atoms with van der Waals surface area (Å²) in [6.45, 7) is 2.47. The Kier molecular flexibility index (Phi) is 4.61. The molecule has 1 aromatic carbocycles. The van der Waals surface area contributed by atoms with E-state index >= 15 is 0 Å². The quantitative estimate of drug-likeness (QED) is 0.878. The Hall–Kier alpha value is -2.29. The number of rotatable bonds is 5. The second kappa shape index (κ2) is 6.68. The van der Waals surface area contributed by atoms with Crippen molar-refractivity contribution in [2.24, 2.45) is 0 Å². The summed E-state index contributed by atoms with van der Waals surface area (Å²) in [5.41, 5.74) is 0.287. The Morgan fingerprint density at radius 1 is 1.38 bits per heavy atom. The Morgan fingerprint density at radius 2 is 2.17 bits per heavy atom. The van der Waals surface area contributed by atoms with Gasteiger partial charge in [-0.3, -0.25) is 0 Å². The van der Waals surface area contributed by atoms with Gasteiger partial charge in [0.25, 0.3) is 0 Å². The highest BCUT2D eigenvalue weighted by molar-refractivity contribution is 7.91. The second-order valence-electron chi connectivity index (χ2n) is 5.59. The molecule has 128 valence electrons. The number of sulfone groups is 1. The van der Waals surface area contributed by atoms with Gasteiger partial charge >= 0.3 is 0 Å². The van der Waals surface area contributed by atoms with Gasteiger partial charge in [-0.1, -0.05) is 12.1 Å². The molecule has 0 radical (unpaired) electrons. The van der Waals surface area contributed by atoms with Gasteiger partial charge in [-0.2, -0.15) is 10.1 Å². The lowest BCUT2D eigenvalue weighted by Gasteiger charge is -2.26. The van der Waals surface area contributed by atoms with Crippen molar-refractivity contribution in [3.05, 3.63) is 36.3 Å². The smallest absolute Gasteiger partial charge is 0.247 e. The van der Waals surface area contributed by atoms with Gasteiger partial charge in [0, 0.05) is 12.6 Å². The van der Waals surface area contributed by atoms with Crippen molar-refractivity contribution in [2.75, 3.05) is 28.3 Å². The van der Waals surface area contributed by atoms with Crippen LogP contribution in [-0.4, -0.2) is 47.7 Å². The van der Waals surface area contributed by atoms with Gasteiger partial charge in [0.15, 0.2) is 15.7 Å². The minimum atomic E-state index is -3.01. The molecule has 1 aliphatic rings. The summed E-state index contributed by atoms with van der Waals surface area (Å²) >= 11 is 0. The van der Waals surface area contributed by atoms with E-state index in [1.165, 1.54) is 12.3 Å². The van der Waals surface area contributed by atoms with E-state index < -0.39 is 15.7 Å². The number of anilines is 3. The summed E-state index contributed by atoms with van der Waals surface area (Å²) in [7, 11) is -3.01. The highest BCUT2D eigenvalue weighted by Gasteiger charge is 2.33. The first-order chi connectivity index (χ1) is 11.5. The maximum Gasteiger partial charge on any atom is 0.247 e. The number of hydrogen-bond donors (Lipinski definition) is 1. The van der Waals surface area contributed by atoms with Crippen LogP contribution in [0.25, 0.3) is 0 Å². The molecule has 2 heterocycles. The van der Waals surface area contributed by atoms with E-state index in [4.69, 9.17) is 0 Å². The predicted octanol–water partition coefficient (Wildman–Crippen LogP) is 1.77. The number of aromatic nitrogens is 3. The molecule has 1 saturated heterocycles. The van der Waals surface area contributed by atoms with Crippen LogP contribution in [0.2, 0.25) is 0 Å². The largest absolute Gasteiger partial charge is 0.336 e.